The smallest absolute Gasteiger partial charge is 0.301 e. The van der Waals surface area contributed by atoms with Crippen molar-refractivity contribution in [3.63, 3.8) is 0 Å². The van der Waals surface area contributed by atoms with Gasteiger partial charge in [0, 0.05) is 5.56 Å². The maximum Gasteiger partial charge on any atom is 0.301 e. The molecule has 4 aromatic rings. The van der Waals surface area contributed by atoms with Crippen LogP contribution in [0, 0.1) is 13.8 Å². The van der Waals surface area contributed by atoms with Crippen LogP contribution in [-0.2, 0) is 9.59 Å². The van der Waals surface area contributed by atoms with Crippen molar-refractivity contribution < 1.29 is 19.4 Å². The van der Waals surface area contributed by atoms with Gasteiger partial charge in [-0.25, -0.2) is 4.98 Å². The Labute approximate surface area is 200 Å². The van der Waals surface area contributed by atoms with Crippen LogP contribution in [0.15, 0.2) is 72.3 Å². The van der Waals surface area contributed by atoms with E-state index in [1.807, 2.05) is 32.0 Å². The molecule has 34 heavy (non-hydrogen) atoms. The number of rotatable bonds is 4. The van der Waals surface area contributed by atoms with E-state index in [0.717, 1.165) is 21.3 Å². The molecule has 1 aliphatic heterocycles. The van der Waals surface area contributed by atoms with E-state index in [1.54, 1.807) is 55.6 Å². The summed E-state index contributed by atoms with van der Waals surface area (Å²) in [6.07, 6.45) is 0. The number of ether oxygens (including phenoxy) is 1. The highest BCUT2D eigenvalue weighted by atomic mass is 32.1. The highest BCUT2D eigenvalue weighted by Gasteiger charge is 2.48. The summed E-state index contributed by atoms with van der Waals surface area (Å²) < 4.78 is 6.21. The van der Waals surface area contributed by atoms with Crippen LogP contribution in [0.2, 0.25) is 0 Å². The third kappa shape index (κ3) is 3.54. The normalized spacial score (nSPS) is 17.5. The van der Waals surface area contributed by atoms with E-state index >= 15 is 0 Å². The van der Waals surface area contributed by atoms with Crippen LogP contribution in [0.25, 0.3) is 16.0 Å². The minimum Gasteiger partial charge on any atom is -0.507 e. The highest BCUT2D eigenvalue weighted by molar-refractivity contribution is 7.22. The zero-order valence-corrected chi connectivity index (χ0v) is 19.7. The Kier molecular flexibility index (Phi) is 5.42. The first-order valence-corrected chi connectivity index (χ1v) is 11.6. The maximum absolute atomic E-state index is 13.4. The van der Waals surface area contributed by atoms with Gasteiger partial charge < -0.3 is 9.84 Å². The summed E-state index contributed by atoms with van der Waals surface area (Å²) in [6, 6.07) is 19.1. The molecule has 1 saturated heterocycles. The number of ketones is 1. The number of thiazole rings is 1. The molecule has 3 aromatic carbocycles. The van der Waals surface area contributed by atoms with E-state index in [9.17, 15) is 14.7 Å². The minimum absolute atomic E-state index is 0.0357. The van der Waals surface area contributed by atoms with Gasteiger partial charge in [-0.15, -0.1) is 0 Å². The summed E-state index contributed by atoms with van der Waals surface area (Å²) in [5, 5.41) is 11.6. The van der Waals surface area contributed by atoms with Crippen LogP contribution in [-0.4, -0.2) is 28.9 Å². The zero-order valence-electron chi connectivity index (χ0n) is 18.9. The van der Waals surface area contributed by atoms with Crippen LogP contribution in [0.1, 0.15) is 28.3 Å². The molecule has 0 radical (unpaired) electrons. The molecule has 2 heterocycles. The molecule has 1 aliphatic rings. The van der Waals surface area contributed by atoms with E-state index in [2.05, 4.69) is 0 Å². The van der Waals surface area contributed by atoms with E-state index in [4.69, 9.17) is 9.72 Å². The number of aryl methyl sites for hydroxylation is 2. The number of fused-ring (bicyclic) bond motifs is 1. The molecule has 1 atom stereocenters. The molecule has 0 spiro atoms. The molecule has 170 valence electrons. The Morgan fingerprint density at radius 2 is 1.74 bits per heavy atom. The standard InChI is InChI=1S/C27H22N2O4S/c1-15-13-16(2)22-20(14-15)34-27(28-22)29-23(17-9-11-19(33-3)12-10-17)21(25(31)26(29)32)24(30)18-7-5-4-6-8-18/h4-14,23,30H,1-3H3. The molecule has 1 unspecified atom stereocenters. The molecule has 0 aliphatic carbocycles. The fourth-order valence-corrected chi connectivity index (χ4v) is 5.51. The molecule has 6 nitrogen and oxygen atoms in total. The molecular weight excluding hydrogens is 448 g/mol. The molecule has 1 aromatic heterocycles. The zero-order chi connectivity index (χ0) is 24.0. The maximum atomic E-state index is 13.4. The predicted octanol–water partition coefficient (Wildman–Crippen LogP) is 5.55. The second-order valence-corrected chi connectivity index (χ2v) is 9.24. The van der Waals surface area contributed by atoms with Gasteiger partial charge in [-0.1, -0.05) is 59.9 Å². The Morgan fingerprint density at radius 1 is 1.03 bits per heavy atom. The number of aliphatic hydroxyl groups excluding tert-OH is 1. The fourth-order valence-electron chi connectivity index (χ4n) is 4.34. The van der Waals surface area contributed by atoms with Crippen molar-refractivity contribution >= 4 is 44.1 Å². The molecule has 7 heteroatoms. The second-order valence-electron chi connectivity index (χ2n) is 8.23. The lowest BCUT2D eigenvalue weighted by Gasteiger charge is -2.23. The average Bonchev–Trinajstić information content (AvgIpc) is 3.38. The summed E-state index contributed by atoms with van der Waals surface area (Å²) in [7, 11) is 1.57. The summed E-state index contributed by atoms with van der Waals surface area (Å²) in [6.45, 7) is 3.98. The minimum atomic E-state index is -0.826. The number of aliphatic hydroxyl groups is 1. The average molecular weight is 471 g/mol. The van der Waals surface area contributed by atoms with Gasteiger partial charge in [0.25, 0.3) is 5.78 Å². The number of amides is 1. The summed E-state index contributed by atoms with van der Waals surface area (Å²) >= 11 is 1.36. The molecule has 1 N–H and O–H groups in total. The number of anilines is 1. The van der Waals surface area contributed by atoms with Crippen molar-refractivity contribution in [3.8, 4) is 5.75 Å². The molecular formula is C27H22N2O4S. The summed E-state index contributed by atoms with van der Waals surface area (Å²) in [4.78, 5) is 32.8. The topological polar surface area (TPSA) is 79.7 Å². The van der Waals surface area contributed by atoms with E-state index in [1.165, 1.54) is 16.2 Å². The number of methoxy groups -OCH3 is 1. The number of carbonyl (C=O) groups is 2. The van der Waals surface area contributed by atoms with Crippen LogP contribution < -0.4 is 9.64 Å². The van der Waals surface area contributed by atoms with Crippen LogP contribution >= 0.6 is 11.3 Å². The number of hydrogen-bond acceptors (Lipinski definition) is 6. The van der Waals surface area contributed by atoms with Crippen LogP contribution in [0.4, 0.5) is 5.13 Å². The van der Waals surface area contributed by atoms with Crippen molar-refractivity contribution in [3.05, 3.63) is 94.6 Å². The van der Waals surface area contributed by atoms with Gasteiger partial charge in [-0.2, -0.15) is 0 Å². The lowest BCUT2D eigenvalue weighted by atomic mass is 9.95. The molecule has 5 rings (SSSR count). The van der Waals surface area contributed by atoms with Gasteiger partial charge in [0.15, 0.2) is 5.13 Å². The predicted molar refractivity (Wildman–Crippen MR) is 133 cm³/mol. The van der Waals surface area contributed by atoms with Gasteiger partial charge in [-0.05, 0) is 48.7 Å². The number of nitrogens with zero attached hydrogens (tertiary/aromatic N) is 2. The Balaban J connectivity index is 1.74. The lowest BCUT2D eigenvalue weighted by molar-refractivity contribution is -0.132. The summed E-state index contributed by atoms with van der Waals surface area (Å²) in [5.41, 5.74) is 4.06. The molecule has 1 amide bonds. The lowest BCUT2D eigenvalue weighted by Crippen LogP contribution is -2.29. The Bertz CT molecular complexity index is 1460. The first kappa shape index (κ1) is 21.9. The largest absolute Gasteiger partial charge is 0.507 e. The van der Waals surface area contributed by atoms with Crippen molar-refractivity contribution in [1.82, 2.24) is 4.98 Å². The third-order valence-corrected chi connectivity index (χ3v) is 6.95. The van der Waals surface area contributed by atoms with Crippen molar-refractivity contribution in [2.45, 2.75) is 19.9 Å². The van der Waals surface area contributed by atoms with Gasteiger partial charge in [-0.3, -0.25) is 14.5 Å². The third-order valence-electron chi connectivity index (χ3n) is 5.95. The molecule has 0 bridgehead atoms. The number of benzene rings is 3. The van der Waals surface area contributed by atoms with Gasteiger partial charge in [0.2, 0.25) is 0 Å². The number of aromatic nitrogens is 1. The van der Waals surface area contributed by atoms with Crippen molar-refractivity contribution in [1.29, 1.82) is 0 Å². The summed E-state index contributed by atoms with van der Waals surface area (Å²) in [5.74, 6) is -1.02. The van der Waals surface area contributed by atoms with Gasteiger partial charge >= 0.3 is 5.91 Å². The Hall–Kier alpha value is -3.97. The molecule has 0 saturated carbocycles. The first-order chi connectivity index (χ1) is 16.4. The van der Waals surface area contributed by atoms with Gasteiger partial charge in [0.1, 0.15) is 11.5 Å². The number of hydrogen-bond donors (Lipinski definition) is 1. The SMILES string of the molecule is COc1ccc(C2C(=C(O)c3ccccc3)C(=O)C(=O)N2c2nc3c(C)cc(C)cc3s2)cc1. The second kappa shape index (κ2) is 8.43. The monoisotopic (exact) mass is 470 g/mol. The van der Waals surface area contributed by atoms with Gasteiger partial charge in [0.05, 0.1) is 28.9 Å². The quantitative estimate of drug-likeness (QED) is 0.240. The van der Waals surface area contributed by atoms with Crippen LogP contribution in [0.3, 0.4) is 0 Å². The van der Waals surface area contributed by atoms with E-state index in [0.29, 0.717) is 22.0 Å². The van der Waals surface area contributed by atoms with Crippen molar-refractivity contribution in [2.24, 2.45) is 0 Å². The fraction of sp³-hybridized carbons (Fsp3) is 0.148. The Morgan fingerprint density at radius 3 is 2.41 bits per heavy atom. The van der Waals surface area contributed by atoms with Crippen LogP contribution in [0.5, 0.6) is 5.75 Å². The molecule has 1 fully saturated rings. The highest BCUT2D eigenvalue weighted by Crippen LogP contribution is 2.44. The van der Waals surface area contributed by atoms with E-state index < -0.39 is 17.7 Å². The number of Topliss-reactive ketones (excluding diaryl/α,β-unsaturated/α-hetero) is 1. The van der Waals surface area contributed by atoms with E-state index in [-0.39, 0.29) is 11.3 Å². The first-order valence-electron chi connectivity index (χ1n) is 10.8. The van der Waals surface area contributed by atoms with Crippen molar-refractivity contribution in [2.75, 3.05) is 12.0 Å². The number of carbonyl (C=O) groups excluding carboxylic acids is 2.